The first-order chi connectivity index (χ1) is 9.24. The zero-order valence-corrected chi connectivity index (χ0v) is 10.7. The van der Waals surface area contributed by atoms with Crippen molar-refractivity contribution < 1.29 is 4.79 Å². The van der Waals surface area contributed by atoms with Crippen LogP contribution in [0.4, 0.5) is 0 Å². The molecule has 1 atom stereocenters. The average Bonchev–Trinajstić information content (AvgIpc) is 3.07. The largest absolute Gasteiger partial charge is 0.346 e. The number of hydrogen-bond donors (Lipinski definition) is 1. The quantitative estimate of drug-likeness (QED) is 0.875. The van der Waals surface area contributed by atoms with Gasteiger partial charge in [-0.15, -0.1) is 0 Å². The number of aromatic nitrogens is 4. The van der Waals surface area contributed by atoms with Crippen molar-refractivity contribution in [2.75, 3.05) is 13.1 Å². The molecule has 1 aliphatic heterocycles. The van der Waals surface area contributed by atoms with Crippen molar-refractivity contribution in [1.82, 2.24) is 24.8 Å². The molecule has 0 aromatic carbocycles. The van der Waals surface area contributed by atoms with Gasteiger partial charge in [0.05, 0.1) is 6.20 Å². The fraction of sp³-hybridized carbons (Fsp3) is 0.385. The van der Waals surface area contributed by atoms with Gasteiger partial charge in [-0.2, -0.15) is 0 Å². The summed E-state index contributed by atoms with van der Waals surface area (Å²) in [7, 11) is 0. The molecule has 0 aliphatic carbocycles. The lowest BCUT2D eigenvalue weighted by atomic mass is 10.1. The maximum Gasteiger partial charge on any atom is 0.274 e. The second kappa shape index (κ2) is 4.79. The van der Waals surface area contributed by atoms with E-state index in [0.717, 1.165) is 24.5 Å². The summed E-state index contributed by atoms with van der Waals surface area (Å²) in [6.45, 7) is 3.40. The second-order valence-electron chi connectivity index (χ2n) is 4.78. The van der Waals surface area contributed by atoms with E-state index in [4.69, 9.17) is 0 Å². The molecule has 1 fully saturated rings. The van der Waals surface area contributed by atoms with Crippen molar-refractivity contribution >= 4 is 5.91 Å². The lowest BCUT2D eigenvalue weighted by molar-refractivity contribution is 0.0784. The van der Waals surface area contributed by atoms with Gasteiger partial charge >= 0.3 is 0 Å². The Morgan fingerprint density at radius 1 is 1.37 bits per heavy atom. The normalized spacial score (nSPS) is 18.8. The van der Waals surface area contributed by atoms with Crippen LogP contribution >= 0.6 is 0 Å². The molecular formula is C13H15N5O. The summed E-state index contributed by atoms with van der Waals surface area (Å²) in [5.74, 6) is 1.19. The molecule has 3 heterocycles. The van der Waals surface area contributed by atoms with E-state index in [-0.39, 0.29) is 11.8 Å². The molecule has 0 radical (unpaired) electrons. The van der Waals surface area contributed by atoms with Gasteiger partial charge in [0, 0.05) is 43.3 Å². The van der Waals surface area contributed by atoms with Crippen molar-refractivity contribution in [3.05, 3.63) is 42.0 Å². The molecule has 3 rings (SSSR count). The Bertz CT molecular complexity index is 580. The first-order valence-corrected chi connectivity index (χ1v) is 6.31. The van der Waals surface area contributed by atoms with Crippen LogP contribution in [0.5, 0.6) is 0 Å². The van der Waals surface area contributed by atoms with Crippen molar-refractivity contribution in [3.63, 3.8) is 0 Å². The summed E-state index contributed by atoms with van der Waals surface area (Å²) in [5, 5.41) is 0. The molecule has 0 bridgehead atoms. The predicted molar refractivity (Wildman–Crippen MR) is 68.6 cm³/mol. The molecule has 19 heavy (non-hydrogen) atoms. The average molecular weight is 257 g/mol. The molecule has 0 saturated carbocycles. The summed E-state index contributed by atoms with van der Waals surface area (Å²) < 4.78 is 0. The highest BCUT2D eigenvalue weighted by molar-refractivity contribution is 5.92. The highest BCUT2D eigenvalue weighted by Crippen LogP contribution is 2.25. The van der Waals surface area contributed by atoms with Gasteiger partial charge in [0.1, 0.15) is 11.5 Å². The Balaban J connectivity index is 1.71. The SMILES string of the molecule is Cc1cnc([C@H]2CCN(C(=O)c3cnccn3)C2)[nH]1. The number of amides is 1. The van der Waals surface area contributed by atoms with Gasteiger partial charge in [0.25, 0.3) is 5.91 Å². The van der Waals surface area contributed by atoms with Crippen molar-refractivity contribution in [2.24, 2.45) is 0 Å². The van der Waals surface area contributed by atoms with Crippen molar-refractivity contribution in [1.29, 1.82) is 0 Å². The number of carbonyl (C=O) groups is 1. The molecule has 1 saturated heterocycles. The maximum absolute atomic E-state index is 12.2. The van der Waals surface area contributed by atoms with E-state index in [0.29, 0.717) is 12.2 Å². The summed E-state index contributed by atoms with van der Waals surface area (Å²) in [6, 6.07) is 0. The molecule has 1 N–H and O–H groups in total. The van der Waals surface area contributed by atoms with Gasteiger partial charge in [-0.25, -0.2) is 9.97 Å². The highest BCUT2D eigenvalue weighted by atomic mass is 16.2. The zero-order chi connectivity index (χ0) is 13.2. The van der Waals surface area contributed by atoms with Crippen LogP contribution in [0.2, 0.25) is 0 Å². The zero-order valence-electron chi connectivity index (χ0n) is 10.7. The number of H-pyrrole nitrogens is 1. The number of hydrogen-bond acceptors (Lipinski definition) is 4. The Kier molecular flexibility index (Phi) is 2.98. The Morgan fingerprint density at radius 2 is 2.26 bits per heavy atom. The number of rotatable bonds is 2. The van der Waals surface area contributed by atoms with Gasteiger partial charge in [-0.05, 0) is 13.3 Å². The smallest absolute Gasteiger partial charge is 0.274 e. The van der Waals surface area contributed by atoms with Crippen LogP contribution in [0, 0.1) is 6.92 Å². The van der Waals surface area contributed by atoms with Gasteiger partial charge in [-0.1, -0.05) is 0 Å². The Hall–Kier alpha value is -2.24. The molecule has 0 unspecified atom stereocenters. The van der Waals surface area contributed by atoms with Crippen molar-refractivity contribution in [3.8, 4) is 0 Å². The first-order valence-electron chi connectivity index (χ1n) is 6.31. The van der Waals surface area contributed by atoms with Crippen LogP contribution in [0.3, 0.4) is 0 Å². The minimum absolute atomic E-state index is 0.0566. The third-order valence-electron chi connectivity index (χ3n) is 3.37. The third-order valence-corrected chi connectivity index (χ3v) is 3.37. The number of carbonyl (C=O) groups excluding carboxylic acids is 1. The number of likely N-dealkylation sites (tertiary alicyclic amines) is 1. The molecule has 1 aliphatic rings. The first kappa shape index (κ1) is 11.8. The topological polar surface area (TPSA) is 74.8 Å². The highest BCUT2D eigenvalue weighted by Gasteiger charge is 2.30. The number of nitrogens with one attached hydrogen (secondary N) is 1. The summed E-state index contributed by atoms with van der Waals surface area (Å²) in [5.41, 5.74) is 1.45. The molecule has 6 nitrogen and oxygen atoms in total. The number of aryl methyl sites for hydroxylation is 1. The van der Waals surface area contributed by atoms with Crippen LogP contribution in [0.15, 0.2) is 24.8 Å². The molecule has 1 amide bonds. The maximum atomic E-state index is 12.2. The van der Waals surface area contributed by atoms with Crippen LogP contribution in [-0.4, -0.2) is 43.8 Å². The van der Waals surface area contributed by atoms with E-state index in [1.165, 1.54) is 12.4 Å². The van der Waals surface area contributed by atoms with Crippen LogP contribution in [0.1, 0.15) is 34.3 Å². The molecule has 2 aromatic rings. The third kappa shape index (κ3) is 2.33. The molecule has 6 heteroatoms. The summed E-state index contributed by atoms with van der Waals surface area (Å²) in [6.07, 6.45) is 7.36. The Morgan fingerprint density at radius 3 is 2.95 bits per heavy atom. The van der Waals surface area contributed by atoms with E-state index < -0.39 is 0 Å². The van der Waals surface area contributed by atoms with E-state index in [1.54, 1.807) is 6.20 Å². The lowest BCUT2D eigenvalue weighted by Crippen LogP contribution is -2.29. The monoisotopic (exact) mass is 257 g/mol. The van der Waals surface area contributed by atoms with E-state index in [9.17, 15) is 4.79 Å². The van der Waals surface area contributed by atoms with Gasteiger partial charge < -0.3 is 9.88 Å². The van der Waals surface area contributed by atoms with E-state index in [1.807, 2.05) is 18.0 Å². The second-order valence-corrected chi connectivity index (χ2v) is 4.78. The number of nitrogens with zero attached hydrogens (tertiary/aromatic N) is 4. The molecule has 0 spiro atoms. The summed E-state index contributed by atoms with van der Waals surface area (Å²) >= 11 is 0. The van der Waals surface area contributed by atoms with E-state index in [2.05, 4.69) is 19.9 Å². The lowest BCUT2D eigenvalue weighted by Gasteiger charge is -2.15. The summed E-state index contributed by atoms with van der Waals surface area (Å²) in [4.78, 5) is 29.6. The van der Waals surface area contributed by atoms with Crippen LogP contribution in [0.25, 0.3) is 0 Å². The standard InChI is InChI=1S/C13H15N5O/c1-9-6-16-12(17-9)10-2-5-18(8-10)13(19)11-7-14-3-4-15-11/h3-4,6-7,10H,2,5,8H2,1H3,(H,16,17)/t10-/m0/s1. The van der Waals surface area contributed by atoms with Crippen molar-refractivity contribution in [2.45, 2.75) is 19.3 Å². The Labute approximate surface area is 110 Å². The van der Waals surface area contributed by atoms with Gasteiger partial charge in [-0.3, -0.25) is 9.78 Å². The number of imidazole rings is 1. The van der Waals surface area contributed by atoms with Crippen LogP contribution in [-0.2, 0) is 0 Å². The fourth-order valence-corrected chi connectivity index (χ4v) is 2.38. The molecule has 98 valence electrons. The minimum Gasteiger partial charge on any atom is -0.346 e. The minimum atomic E-state index is -0.0566. The van der Waals surface area contributed by atoms with Gasteiger partial charge in [0.2, 0.25) is 0 Å². The molecular weight excluding hydrogens is 242 g/mol. The van der Waals surface area contributed by atoms with Crippen LogP contribution < -0.4 is 0 Å². The van der Waals surface area contributed by atoms with Gasteiger partial charge in [0.15, 0.2) is 0 Å². The predicted octanol–water partition coefficient (Wildman–Crippen LogP) is 1.14. The number of aromatic amines is 1. The molecule has 2 aromatic heterocycles. The van der Waals surface area contributed by atoms with E-state index >= 15 is 0 Å². The fourth-order valence-electron chi connectivity index (χ4n) is 2.38.